The van der Waals surface area contributed by atoms with Crippen LogP contribution in [-0.4, -0.2) is 18.4 Å². The van der Waals surface area contributed by atoms with Crippen LogP contribution in [0, 0.1) is 5.41 Å². The first-order valence-electron chi connectivity index (χ1n) is 4.39. The Hall–Kier alpha value is -0.0500. The molecule has 0 saturated heterocycles. The zero-order valence-electron chi connectivity index (χ0n) is 7.44. The summed E-state index contributed by atoms with van der Waals surface area (Å²) in [5.41, 5.74) is -0.215. The molecular formula is C9H15BrO2. The summed E-state index contributed by atoms with van der Waals surface area (Å²) in [5, 5.41) is 0.743. The van der Waals surface area contributed by atoms with Crippen LogP contribution in [0.5, 0.6) is 0 Å². The number of halogens is 1. The van der Waals surface area contributed by atoms with Crippen molar-refractivity contribution in [1.29, 1.82) is 0 Å². The van der Waals surface area contributed by atoms with Gasteiger partial charge in [-0.1, -0.05) is 35.2 Å². The summed E-state index contributed by atoms with van der Waals surface area (Å²) in [6, 6.07) is 0. The normalized spacial score (nSPS) is 21.8. The van der Waals surface area contributed by atoms with Crippen molar-refractivity contribution in [3.05, 3.63) is 0 Å². The van der Waals surface area contributed by atoms with E-state index in [1.165, 1.54) is 13.5 Å². The van der Waals surface area contributed by atoms with Crippen LogP contribution in [0.3, 0.4) is 0 Å². The van der Waals surface area contributed by atoms with Gasteiger partial charge in [0.1, 0.15) is 0 Å². The van der Waals surface area contributed by atoms with E-state index in [4.69, 9.17) is 4.74 Å². The van der Waals surface area contributed by atoms with Crippen molar-refractivity contribution in [2.24, 2.45) is 5.41 Å². The fourth-order valence-corrected chi connectivity index (χ4v) is 2.63. The molecule has 1 fully saturated rings. The highest BCUT2D eigenvalue weighted by Crippen LogP contribution is 2.38. The minimum Gasteiger partial charge on any atom is -0.469 e. The van der Waals surface area contributed by atoms with Crippen LogP contribution in [0.15, 0.2) is 0 Å². The number of rotatable bonds is 2. The van der Waals surface area contributed by atoms with Gasteiger partial charge in [0.25, 0.3) is 0 Å². The second kappa shape index (κ2) is 4.26. The molecule has 0 aromatic heterocycles. The lowest BCUT2D eigenvalue weighted by atomic mass is 9.76. The van der Waals surface area contributed by atoms with Crippen molar-refractivity contribution in [2.75, 3.05) is 12.4 Å². The van der Waals surface area contributed by atoms with Crippen LogP contribution in [-0.2, 0) is 9.53 Å². The molecule has 0 aliphatic heterocycles. The van der Waals surface area contributed by atoms with Crippen LogP contribution in [0.25, 0.3) is 0 Å². The van der Waals surface area contributed by atoms with Crippen molar-refractivity contribution in [3.8, 4) is 0 Å². The molecule has 0 N–H and O–H groups in total. The number of hydrogen-bond acceptors (Lipinski definition) is 2. The van der Waals surface area contributed by atoms with E-state index in [9.17, 15) is 4.79 Å². The molecule has 0 bridgehead atoms. The predicted molar refractivity (Wildman–Crippen MR) is 51.3 cm³/mol. The van der Waals surface area contributed by atoms with Crippen molar-refractivity contribution >= 4 is 21.9 Å². The average Bonchev–Trinajstić information content (AvgIpc) is 2.17. The molecule has 0 amide bonds. The quantitative estimate of drug-likeness (QED) is 0.543. The first kappa shape index (κ1) is 10.0. The minimum atomic E-state index is -0.215. The monoisotopic (exact) mass is 234 g/mol. The van der Waals surface area contributed by atoms with Gasteiger partial charge in [-0.25, -0.2) is 0 Å². The van der Waals surface area contributed by atoms with E-state index in [-0.39, 0.29) is 11.4 Å². The van der Waals surface area contributed by atoms with Gasteiger partial charge >= 0.3 is 5.97 Å². The highest BCUT2D eigenvalue weighted by molar-refractivity contribution is 9.09. The molecule has 0 radical (unpaired) electrons. The SMILES string of the molecule is COC(=O)C1(CBr)CCCCC1. The molecule has 0 unspecified atom stereocenters. The van der Waals surface area contributed by atoms with Crippen LogP contribution >= 0.6 is 15.9 Å². The topological polar surface area (TPSA) is 26.3 Å². The Morgan fingerprint density at radius 1 is 1.42 bits per heavy atom. The lowest BCUT2D eigenvalue weighted by molar-refractivity contribution is -0.153. The highest BCUT2D eigenvalue weighted by atomic mass is 79.9. The Labute approximate surface area is 81.8 Å². The van der Waals surface area contributed by atoms with E-state index in [0.29, 0.717) is 0 Å². The third kappa shape index (κ3) is 1.82. The lowest BCUT2D eigenvalue weighted by Crippen LogP contribution is -2.36. The summed E-state index contributed by atoms with van der Waals surface area (Å²) in [5.74, 6) is -0.0425. The first-order chi connectivity index (χ1) is 5.75. The average molecular weight is 235 g/mol. The van der Waals surface area contributed by atoms with E-state index in [1.54, 1.807) is 0 Å². The van der Waals surface area contributed by atoms with Crippen molar-refractivity contribution in [2.45, 2.75) is 32.1 Å². The Morgan fingerprint density at radius 3 is 2.42 bits per heavy atom. The summed E-state index contributed by atoms with van der Waals surface area (Å²) in [4.78, 5) is 11.5. The predicted octanol–water partition coefficient (Wildman–Crippen LogP) is 2.50. The number of ether oxygens (including phenoxy) is 1. The van der Waals surface area contributed by atoms with E-state index >= 15 is 0 Å². The molecule has 1 aliphatic rings. The smallest absolute Gasteiger partial charge is 0.312 e. The number of esters is 1. The third-order valence-electron chi connectivity index (χ3n) is 2.68. The number of alkyl halides is 1. The largest absolute Gasteiger partial charge is 0.469 e. The van der Waals surface area contributed by atoms with Crippen molar-refractivity contribution < 1.29 is 9.53 Å². The zero-order valence-corrected chi connectivity index (χ0v) is 9.02. The van der Waals surface area contributed by atoms with Crippen LogP contribution < -0.4 is 0 Å². The maximum Gasteiger partial charge on any atom is 0.312 e. The van der Waals surface area contributed by atoms with Gasteiger partial charge in [0, 0.05) is 5.33 Å². The minimum absolute atomic E-state index is 0.0425. The van der Waals surface area contributed by atoms with Crippen LogP contribution in [0.1, 0.15) is 32.1 Å². The van der Waals surface area contributed by atoms with Crippen molar-refractivity contribution in [3.63, 3.8) is 0 Å². The van der Waals surface area contributed by atoms with E-state index in [0.717, 1.165) is 31.0 Å². The zero-order chi connectivity index (χ0) is 9.03. The molecular weight excluding hydrogens is 220 g/mol. The Morgan fingerprint density at radius 2 is 2.00 bits per heavy atom. The number of methoxy groups -OCH3 is 1. The van der Waals surface area contributed by atoms with Gasteiger partial charge in [-0.2, -0.15) is 0 Å². The highest BCUT2D eigenvalue weighted by Gasteiger charge is 2.39. The van der Waals surface area contributed by atoms with Crippen LogP contribution in [0.2, 0.25) is 0 Å². The van der Waals surface area contributed by atoms with E-state index in [1.807, 2.05) is 0 Å². The van der Waals surface area contributed by atoms with Gasteiger partial charge in [0.05, 0.1) is 12.5 Å². The summed E-state index contributed by atoms with van der Waals surface area (Å²) >= 11 is 3.41. The fourth-order valence-electron chi connectivity index (χ4n) is 1.84. The van der Waals surface area contributed by atoms with Gasteiger partial charge in [0.15, 0.2) is 0 Å². The summed E-state index contributed by atoms with van der Waals surface area (Å²) < 4.78 is 4.82. The third-order valence-corrected chi connectivity index (χ3v) is 3.76. The standard InChI is InChI=1S/C9H15BrO2/c1-12-8(11)9(7-10)5-3-2-4-6-9/h2-7H2,1H3. The molecule has 0 spiro atoms. The molecule has 1 rings (SSSR count). The molecule has 2 nitrogen and oxygen atoms in total. The van der Waals surface area contributed by atoms with E-state index in [2.05, 4.69) is 15.9 Å². The van der Waals surface area contributed by atoms with Crippen molar-refractivity contribution in [1.82, 2.24) is 0 Å². The number of hydrogen-bond donors (Lipinski definition) is 0. The van der Waals surface area contributed by atoms with E-state index < -0.39 is 0 Å². The molecule has 1 saturated carbocycles. The molecule has 0 heterocycles. The summed E-state index contributed by atoms with van der Waals surface area (Å²) in [7, 11) is 1.47. The molecule has 70 valence electrons. The first-order valence-corrected chi connectivity index (χ1v) is 5.52. The summed E-state index contributed by atoms with van der Waals surface area (Å²) in [6.07, 6.45) is 5.52. The summed E-state index contributed by atoms with van der Waals surface area (Å²) in [6.45, 7) is 0. The Balaban J connectivity index is 2.66. The molecule has 3 heteroatoms. The fraction of sp³-hybridized carbons (Fsp3) is 0.889. The maximum absolute atomic E-state index is 11.5. The lowest BCUT2D eigenvalue weighted by Gasteiger charge is -2.32. The number of carbonyl (C=O) groups excluding carboxylic acids is 1. The van der Waals surface area contributed by atoms with Gasteiger partial charge in [-0.3, -0.25) is 4.79 Å². The van der Waals surface area contributed by atoms with Gasteiger partial charge in [0.2, 0.25) is 0 Å². The van der Waals surface area contributed by atoms with Gasteiger partial charge in [-0.15, -0.1) is 0 Å². The molecule has 12 heavy (non-hydrogen) atoms. The van der Waals surface area contributed by atoms with Crippen LogP contribution in [0.4, 0.5) is 0 Å². The molecule has 0 atom stereocenters. The molecule has 1 aliphatic carbocycles. The second-order valence-electron chi connectivity index (χ2n) is 3.47. The second-order valence-corrected chi connectivity index (χ2v) is 4.03. The maximum atomic E-state index is 11.5. The Bertz CT molecular complexity index is 162. The molecule has 0 aromatic carbocycles. The number of carbonyl (C=O) groups is 1. The van der Waals surface area contributed by atoms with Gasteiger partial charge in [-0.05, 0) is 12.8 Å². The Kier molecular flexibility index (Phi) is 3.56. The molecule has 0 aromatic rings. The van der Waals surface area contributed by atoms with Gasteiger partial charge < -0.3 is 4.74 Å².